The van der Waals surface area contributed by atoms with Crippen LogP contribution in [0.4, 0.5) is 0 Å². The monoisotopic (exact) mass is 352 g/mol. The summed E-state index contributed by atoms with van der Waals surface area (Å²) in [7, 11) is -3.49. The fourth-order valence-electron chi connectivity index (χ4n) is 4.20. The molecule has 132 valence electrons. The number of aromatic nitrogens is 1. The van der Waals surface area contributed by atoms with Gasteiger partial charge in [-0.1, -0.05) is 0 Å². The van der Waals surface area contributed by atoms with E-state index >= 15 is 0 Å². The van der Waals surface area contributed by atoms with Crippen molar-refractivity contribution in [1.82, 2.24) is 9.29 Å². The molecule has 1 aliphatic carbocycles. The van der Waals surface area contributed by atoms with Crippen LogP contribution in [-0.4, -0.2) is 50.1 Å². The van der Waals surface area contributed by atoms with Gasteiger partial charge in [0.1, 0.15) is 4.90 Å². The van der Waals surface area contributed by atoms with Crippen LogP contribution in [0.3, 0.4) is 0 Å². The SMILES string of the molecule is CCOc1ccc(S(=O)(=O)N2CC3(CCOCC3)C2C2CC2)cn1. The van der Waals surface area contributed by atoms with E-state index in [9.17, 15) is 8.42 Å². The molecule has 0 aromatic carbocycles. The Hall–Kier alpha value is -1.18. The molecule has 7 heteroatoms. The predicted molar refractivity (Wildman–Crippen MR) is 88.3 cm³/mol. The smallest absolute Gasteiger partial charge is 0.244 e. The lowest BCUT2D eigenvalue weighted by atomic mass is 9.66. The standard InChI is InChI=1S/C17H24N2O4S/c1-2-23-15-6-5-14(11-18-15)24(20,21)19-12-17(7-9-22-10-8-17)16(19)13-3-4-13/h5-6,11,13,16H,2-4,7-10,12H2,1H3. The normalized spacial score (nSPS) is 27.0. The molecule has 3 heterocycles. The lowest BCUT2D eigenvalue weighted by molar-refractivity contribution is -0.101. The topological polar surface area (TPSA) is 68.7 Å². The summed E-state index contributed by atoms with van der Waals surface area (Å²) in [6.07, 6.45) is 5.64. The molecule has 1 atom stereocenters. The van der Waals surface area contributed by atoms with Crippen LogP contribution in [0, 0.1) is 11.3 Å². The fraction of sp³-hybridized carbons (Fsp3) is 0.706. The molecule has 0 amide bonds. The van der Waals surface area contributed by atoms with E-state index in [0.717, 1.165) is 38.9 Å². The zero-order valence-corrected chi connectivity index (χ0v) is 14.8. The second kappa shape index (κ2) is 5.97. The van der Waals surface area contributed by atoms with Crippen molar-refractivity contribution >= 4 is 10.0 Å². The van der Waals surface area contributed by atoms with E-state index in [1.807, 2.05) is 6.92 Å². The maximum absolute atomic E-state index is 13.1. The summed E-state index contributed by atoms with van der Waals surface area (Å²) >= 11 is 0. The predicted octanol–water partition coefficient (Wildman–Crippen LogP) is 2.06. The Morgan fingerprint density at radius 2 is 2.08 bits per heavy atom. The maximum atomic E-state index is 13.1. The minimum absolute atomic E-state index is 0.130. The Bertz CT molecular complexity index is 694. The van der Waals surface area contributed by atoms with Crippen LogP contribution in [0.1, 0.15) is 32.6 Å². The van der Waals surface area contributed by atoms with Gasteiger partial charge in [-0.05, 0) is 44.6 Å². The zero-order chi connectivity index (χ0) is 16.8. The quantitative estimate of drug-likeness (QED) is 0.811. The first-order valence-electron chi connectivity index (χ1n) is 8.75. The van der Waals surface area contributed by atoms with Gasteiger partial charge in [0.25, 0.3) is 0 Å². The highest BCUT2D eigenvalue weighted by atomic mass is 32.2. The van der Waals surface area contributed by atoms with Crippen LogP contribution in [0.15, 0.2) is 23.2 Å². The Morgan fingerprint density at radius 3 is 2.67 bits per heavy atom. The third-order valence-corrected chi connectivity index (χ3v) is 7.38. The second-order valence-electron chi connectivity index (χ2n) is 7.07. The van der Waals surface area contributed by atoms with Crippen molar-refractivity contribution in [3.05, 3.63) is 18.3 Å². The molecule has 1 unspecified atom stereocenters. The van der Waals surface area contributed by atoms with Gasteiger partial charge in [-0.2, -0.15) is 4.31 Å². The van der Waals surface area contributed by atoms with Crippen molar-refractivity contribution in [2.24, 2.45) is 11.3 Å². The van der Waals surface area contributed by atoms with Crippen LogP contribution in [0.2, 0.25) is 0 Å². The van der Waals surface area contributed by atoms with E-state index in [1.165, 1.54) is 6.20 Å². The van der Waals surface area contributed by atoms with Crippen LogP contribution >= 0.6 is 0 Å². The average Bonchev–Trinajstić information content (AvgIpc) is 3.39. The first-order chi connectivity index (χ1) is 11.6. The molecule has 6 nitrogen and oxygen atoms in total. The van der Waals surface area contributed by atoms with Gasteiger partial charge in [-0.3, -0.25) is 0 Å². The fourth-order valence-corrected chi connectivity index (χ4v) is 6.02. The molecule has 1 aromatic rings. The van der Waals surface area contributed by atoms with E-state index in [-0.39, 0.29) is 16.4 Å². The van der Waals surface area contributed by atoms with Crippen molar-refractivity contribution in [2.75, 3.05) is 26.4 Å². The number of pyridine rings is 1. The van der Waals surface area contributed by atoms with Gasteiger partial charge >= 0.3 is 0 Å². The third-order valence-electron chi connectivity index (χ3n) is 5.57. The van der Waals surface area contributed by atoms with Crippen molar-refractivity contribution in [3.63, 3.8) is 0 Å². The minimum atomic E-state index is -3.49. The summed E-state index contributed by atoms with van der Waals surface area (Å²) < 4.78 is 38.6. The van der Waals surface area contributed by atoms with Gasteiger partial charge in [0.05, 0.1) is 12.8 Å². The lowest BCUT2D eigenvalue weighted by Crippen LogP contribution is -2.68. The summed E-state index contributed by atoms with van der Waals surface area (Å²) in [6, 6.07) is 3.37. The summed E-state index contributed by atoms with van der Waals surface area (Å²) in [6.45, 7) is 4.51. The Labute approximate surface area is 143 Å². The van der Waals surface area contributed by atoms with Gasteiger partial charge < -0.3 is 9.47 Å². The van der Waals surface area contributed by atoms with Gasteiger partial charge in [-0.25, -0.2) is 13.4 Å². The highest BCUT2D eigenvalue weighted by molar-refractivity contribution is 7.89. The van der Waals surface area contributed by atoms with Gasteiger partial charge in [0.2, 0.25) is 15.9 Å². The summed E-state index contributed by atoms with van der Waals surface area (Å²) in [5.41, 5.74) is 0.130. The highest BCUT2D eigenvalue weighted by Crippen LogP contribution is 2.56. The van der Waals surface area contributed by atoms with E-state index in [2.05, 4.69) is 4.98 Å². The Kier molecular flexibility index (Phi) is 4.05. The molecular formula is C17H24N2O4S. The molecule has 3 aliphatic rings. The largest absolute Gasteiger partial charge is 0.478 e. The molecule has 3 fully saturated rings. The molecule has 24 heavy (non-hydrogen) atoms. The molecule has 0 N–H and O–H groups in total. The van der Waals surface area contributed by atoms with Crippen molar-refractivity contribution in [3.8, 4) is 5.88 Å². The Morgan fingerprint density at radius 1 is 1.33 bits per heavy atom. The molecular weight excluding hydrogens is 328 g/mol. The number of sulfonamides is 1. The van der Waals surface area contributed by atoms with Gasteiger partial charge in [-0.15, -0.1) is 0 Å². The van der Waals surface area contributed by atoms with Crippen LogP contribution in [0.25, 0.3) is 0 Å². The first-order valence-corrected chi connectivity index (χ1v) is 10.2. The zero-order valence-electron chi connectivity index (χ0n) is 14.0. The molecule has 4 rings (SSSR count). The lowest BCUT2D eigenvalue weighted by Gasteiger charge is -2.58. The molecule has 0 radical (unpaired) electrons. The number of nitrogens with zero attached hydrogens (tertiary/aromatic N) is 2. The molecule has 0 bridgehead atoms. The first kappa shape index (κ1) is 16.3. The van der Waals surface area contributed by atoms with E-state index in [4.69, 9.17) is 9.47 Å². The van der Waals surface area contributed by atoms with Gasteiger partial charge in [0.15, 0.2) is 0 Å². The van der Waals surface area contributed by atoms with Crippen LogP contribution in [0.5, 0.6) is 5.88 Å². The summed E-state index contributed by atoms with van der Waals surface area (Å²) in [4.78, 5) is 4.38. The molecule has 2 aliphatic heterocycles. The van der Waals surface area contributed by atoms with Crippen molar-refractivity contribution < 1.29 is 17.9 Å². The van der Waals surface area contributed by atoms with Crippen molar-refractivity contribution in [1.29, 1.82) is 0 Å². The highest BCUT2D eigenvalue weighted by Gasteiger charge is 2.61. The number of hydrogen-bond donors (Lipinski definition) is 0. The maximum Gasteiger partial charge on any atom is 0.244 e. The molecule has 1 aromatic heterocycles. The molecule has 1 saturated carbocycles. The van der Waals surface area contributed by atoms with Gasteiger partial charge in [0, 0.05) is 37.3 Å². The average molecular weight is 352 g/mol. The van der Waals surface area contributed by atoms with E-state index < -0.39 is 10.0 Å². The number of hydrogen-bond acceptors (Lipinski definition) is 5. The Balaban J connectivity index is 1.57. The molecule has 2 saturated heterocycles. The van der Waals surface area contributed by atoms with Crippen LogP contribution in [-0.2, 0) is 14.8 Å². The third kappa shape index (κ3) is 2.62. The minimum Gasteiger partial charge on any atom is -0.478 e. The second-order valence-corrected chi connectivity index (χ2v) is 8.96. The van der Waals surface area contributed by atoms with Crippen molar-refractivity contribution in [2.45, 2.75) is 43.5 Å². The summed E-state index contributed by atoms with van der Waals surface area (Å²) in [5.74, 6) is 0.974. The number of rotatable bonds is 5. The van der Waals surface area contributed by atoms with E-state index in [0.29, 0.717) is 24.9 Å². The van der Waals surface area contributed by atoms with E-state index in [1.54, 1.807) is 16.4 Å². The number of ether oxygens (including phenoxy) is 2. The summed E-state index contributed by atoms with van der Waals surface area (Å²) in [5, 5.41) is 0. The van der Waals surface area contributed by atoms with Crippen LogP contribution < -0.4 is 4.74 Å². The molecule has 1 spiro atoms.